The molecule has 0 aliphatic carbocycles. The van der Waals surface area contributed by atoms with Crippen molar-refractivity contribution >= 4 is 21.7 Å². The van der Waals surface area contributed by atoms with Crippen molar-refractivity contribution in [3.8, 4) is 11.6 Å². The number of rotatable bonds is 5. The molecule has 0 bridgehead atoms. The molecule has 0 amide bonds. The lowest BCUT2D eigenvalue weighted by atomic mass is 10.2. The summed E-state index contributed by atoms with van der Waals surface area (Å²) in [5.41, 5.74) is 3.14. The number of anilines is 1. The highest BCUT2D eigenvalue weighted by molar-refractivity contribution is 9.10. The summed E-state index contributed by atoms with van der Waals surface area (Å²) in [5.74, 6) is 6.45. The second-order valence-corrected chi connectivity index (χ2v) is 5.41. The number of hydrazine groups is 1. The van der Waals surface area contributed by atoms with Crippen LogP contribution in [0.4, 0.5) is 10.2 Å². The van der Waals surface area contributed by atoms with Gasteiger partial charge in [-0.2, -0.15) is 4.98 Å². The summed E-state index contributed by atoms with van der Waals surface area (Å²) in [6, 6.07) is 4.57. The second-order valence-electron chi connectivity index (χ2n) is 4.49. The van der Waals surface area contributed by atoms with Crippen LogP contribution in [-0.4, -0.2) is 9.97 Å². The van der Waals surface area contributed by atoms with E-state index in [-0.39, 0.29) is 5.75 Å². The van der Waals surface area contributed by atoms with E-state index in [1.807, 2.05) is 6.92 Å². The first kappa shape index (κ1) is 15.7. The van der Waals surface area contributed by atoms with Crippen LogP contribution < -0.4 is 16.0 Å². The van der Waals surface area contributed by atoms with Gasteiger partial charge in [0.1, 0.15) is 11.6 Å². The third-order valence-corrected chi connectivity index (χ3v) is 3.35. The van der Waals surface area contributed by atoms with Crippen LogP contribution in [0.1, 0.15) is 24.7 Å². The monoisotopic (exact) mass is 354 g/mol. The molecule has 1 heterocycles. The lowest BCUT2D eigenvalue weighted by molar-refractivity contribution is 0.421. The molecule has 1 aromatic carbocycles. The maximum Gasteiger partial charge on any atom is 0.227 e. The van der Waals surface area contributed by atoms with E-state index in [1.54, 1.807) is 13.0 Å². The van der Waals surface area contributed by atoms with Crippen LogP contribution in [0.2, 0.25) is 0 Å². The number of nitrogen functional groups attached to an aromatic ring is 1. The molecule has 0 saturated carbocycles. The Kier molecular flexibility index (Phi) is 5.08. The summed E-state index contributed by atoms with van der Waals surface area (Å²) in [6.45, 7) is 3.78. The summed E-state index contributed by atoms with van der Waals surface area (Å²) in [5, 5.41) is 0. The highest BCUT2D eigenvalue weighted by Crippen LogP contribution is 2.30. The lowest BCUT2D eigenvalue weighted by Crippen LogP contribution is -2.13. The highest BCUT2D eigenvalue weighted by atomic mass is 79.9. The summed E-state index contributed by atoms with van der Waals surface area (Å²) >= 11 is 3.20. The standard InChI is InChI=1S/C14H16BrFN4O/c1-3-4-12-18-13(20-17)8(2)14(19-12)21-11-6-5-9(15)7-10(11)16/h5-7H,3-4,17H2,1-2H3,(H,18,19,20). The zero-order chi connectivity index (χ0) is 15.4. The number of benzene rings is 1. The minimum atomic E-state index is -0.471. The summed E-state index contributed by atoms with van der Waals surface area (Å²) in [7, 11) is 0. The number of aromatic nitrogens is 2. The SMILES string of the molecule is CCCc1nc(NN)c(C)c(Oc2ccc(Br)cc2F)n1. The Hall–Kier alpha value is -1.73. The van der Waals surface area contributed by atoms with Crippen molar-refractivity contribution in [2.24, 2.45) is 5.84 Å². The zero-order valence-electron chi connectivity index (χ0n) is 11.8. The molecule has 2 aromatic rings. The van der Waals surface area contributed by atoms with Crippen LogP contribution in [-0.2, 0) is 6.42 Å². The third-order valence-electron chi connectivity index (χ3n) is 2.86. The number of ether oxygens (including phenoxy) is 1. The van der Waals surface area contributed by atoms with E-state index in [0.717, 1.165) is 6.42 Å². The van der Waals surface area contributed by atoms with Gasteiger partial charge in [0.15, 0.2) is 11.6 Å². The fourth-order valence-electron chi connectivity index (χ4n) is 1.78. The van der Waals surface area contributed by atoms with E-state index in [9.17, 15) is 4.39 Å². The van der Waals surface area contributed by atoms with Crippen LogP contribution in [0.3, 0.4) is 0 Å². The fourth-order valence-corrected chi connectivity index (χ4v) is 2.11. The van der Waals surface area contributed by atoms with E-state index in [4.69, 9.17) is 10.6 Å². The Morgan fingerprint density at radius 3 is 2.76 bits per heavy atom. The number of nitrogens with one attached hydrogen (secondary N) is 1. The predicted molar refractivity (Wildman–Crippen MR) is 82.7 cm³/mol. The number of hydrogen-bond acceptors (Lipinski definition) is 5. The zero-order valence-corrected chi connectivity index (χ0v) is 13.4. The number of halogens is 2. The Balaban J connectivity index is 2.40. The van der Waals surface area contributed by atoms with E-state index in [2.05, 4.69) is 31.3 Å². The highest BCUT2D eigenvalue weighted by Gasteiger charge is 2.14. The van der Waals surface area contributed by atoms with Crippen molar-refractivity contribution in [3.63, 3.8) is 0 Å². The van der Waals surface area contributed by atoms with Crippen molar-refractivity contribution in [2.75, 3.05) is 5.43 Å². The molecular weight excluding hydrogens is 339 g/mol. The molecule has 0 spiro atoms. The van der Waals surface area contributed by atoms with Gasteiger partial charge in [-0.1, -0.05) is 22.9 Å². The number of aryl methyl sites for hydroxylation is 1. The van der Waals surface area contributed by atoms with Crippen molar-refractivity contribution in [1.29, 1.82) is 0 Å². The van der Waals surface area contributed by atoms with Gasteiger partial charge in [-0.25, -0.2) is 15.2 Å². The predicted octanol–water partition coefficient (Wildman–Crippen LogP) is 3.72. The second kappa shape index (κ2) is 6.82. The number of nitrogens with zero attached hydrogens (tertiary/aromatic N) is 2. The van der Waals surface area contributed by atoms with Gasteiger partial charge in [-0.3, -0.25) is 0 Å². The molecule has 1 aromatic heterocycles. The molecule has 112 valence electrons. The molecule has 0 saturated heterocycles. The average molecular weight is 355 g/mol. The van der Waals surface area contributed by atoms with Crippen LogP contribution in [0.5, 0.6) is 11.6 Å². The maximum absolute atomic E-state index is 13.9. The molecule has 7 heteroatoms. The van der Waals surface area contributed by atoms with E-state index < -0.39 is 5.82 Å². The molecule has 0 unspecified atom stereocenters. The normalized spacial score (nSPS) is 10.5. The van der Waals surface area contributed by atoms with Crippen LogP contribution in [0.25, 0.3) is 0 Å². The first-order valence-corrected chi connectivity index (χ1v) is 7.31. The summed E-state index contributed by atoms with van der Waals surface area (Å²) in [4.78, 5) is 8.61. The summed E-state index contributed by atoms with van der Waals surface area (Å²) < 4.78 is 20.1. The van der Waals surface area contributed by atoms with Crippen molar-refractivity contribution in [3.05, 3.63) is 39.9 Å². The molecule has 0 fully saturated rings. The van der Waals surface area contributed by atoms with Gasteiger partial charge in [0.05, 0.1) is 5.56 Å². The molecule has 21 heavy (non-hydrogen) atoms. The smallest absolute Gasteiger partial charge is 0.227 e. The van der Waals surface area contributed by atoms with Gasteiger partial charge in [0.25, 0.3) is 0 Å². The molecule has 0 aliphatic rings. The van der Waals surface area contributed by atoms with Gasteiger partial charge in [-0.05, 0) is 31.5 Å². The quantitative estimate of drug-likeness (QED) is 0.632. The molecule has 3 N–H and O–H groups in total. The van der Waals surface area contributed by atoms with Crippen LogP contribution >= 0.6 is 15.9 Å². The summed E-state index contributed by atoms with van der Waals surface area (Å²) in [6.07, 6.45) is 1.58. The van der Waals surface area contributed by atoms with Crippen molar-refractivity contribution in [2.45, 2.75) is 26.7 Å². The van der Waals surface area contributed by atoms with E-state index >= 15 is 0 Å². The number of nitrogens with two attached hydrogens (primary N) is 1. The first-order valence-electron chi connectivity index (χ1n) is 6.52. The van der Waals surface area contributed by atoms with Gasteiger partial charge >= 0.3 is 0 Å². The largest absolute Gasteiger partial charge is 0.435 e. The Morgan fingerprint density at radius 1 is 1.38 bits per heavy atom. The van der Waals surface area contributed by atoms with Crippen molar-refractivity contribution in [1.82, 2.24) is 9.97 Å². The molecule has 0 atom stereocenters. The van der Waals surface area contributed by atoms with Gasteiger partial charge in [0.2, 0.25) is 5.88 Å². The maximum atomic E-state index is 13.9. The van der Waals surface area contributed by atoms with Crippen molar-refractivity contribution < 1.29 is 9.13 Å². The van der Waals surface area contributed by atoms with Crippen LogP contribution in [0.15, 0.2) is 22.7 Å². The molecule has 5 nitrogen and oxygen atoms in total. The van der Waals surface area contributed by atoms with Gasteiger partial charge in [-0.15, -0.1) is 0 Å². The fraction of sp³-hybridized carbons (Fsp3) is 0.286. The van der Waals surface area contributed by atoms with Crippen LogP contribution in [0, 0.1) is 12.7 Å². The molecule has 0 aliphatic heterocycles. The number of hydrogen-bond donors (Lipinski definition) is 2. The molecule has 0 radical (unpaired) electrons. The topological polar surface area (TPSA) is 73.1 Å². The average Bonchev–Trinajstić information content (AvgIpc) is 2.45. The molecular formula is C14H16BrFN4O. The van der Waals surface area contributed by atoms with E-state index in [0.29, 0.717) is 34.0 Å². The third kappa shape index (κ3) is 3.68. The Morgan fingerprint density at radius 2 is 2.14 bits per heavy atom. The lowest BCUT2D eigenvalue weighted by Gasteiger charge is -2.13. The first-order chi connectivity index (χ1) is 10.0. The Bertz CT molecular complexity index is 651. The van der Waals surface area contributed by atoms with Gasteiger partial charge < -0.3 is 10.2 Å². The van der Waals surface area contributed by atoms with E-state index in [1.165, 1.54) is 12.1 Å². The Labute approximate surface area is 130 Å². The molecule has 2 rings (SSSR count). The minimum absolute atomic E-state index is 0.102. The van der Waals surface area contributed by atoms with Gasteiger partial charge in [0, 0.05) is 10.9 Å². The minimum Gasteiger partial charge on any atom is -0.435 e.